The normalized spacial score (nSPS) is 12.3. The molecule has 1 N–H and O–H groups in total. The second-order valence-corrected chi connectivity index (χ2v) is 6.72. The lowest BCUT2D eigenvalue weighted by Gasteiger charge is -2.10. The summed E-state index contributed by atoms with van der Waals surface area (Å²) in [7, 11) is 0. The van der Waals surface area contributed by atoms with Crippen LogP contribution < -0.4 is 5.32 Å². The molecule has 0 fully saturated rings. The summed E-state index contributed by atoms with van der Waals surface area (Å²) in [4.78, 5) is 18.1. The molecule has 0 unspecified atom stereocenters. The number of pyridine rings is 2. The van der Waals surface area contributed by atoms with E-state index in [1.165, 1.54) is 24.4 Å². The summed E-state index contributed by atoms with van der Waals surface area (Å²) in [5.74, 6) is 0.0402. The first-order valence-electron chi connectivity index (χ1n) is 8.06. The molecule has 0 aliphatic heterocycles. The molecule has 0 saturated carbocycles. The van der Waals surface area contributed by atoms with Crippen molar-refractivity contribution in [1.29, 1.82) is 0 Å². The molecule has 0 aromatic carbocycles. The first-order valence-corrected chi connectivity index (χ1v) is 8.94. The van der Waals surface area contributed by atoms with Gasteiger partial charge in [-0.3, -0.25) is 0 Å². The third kappa shape index (κ3) is 3.87. The van der Waals surface area contributed by atoms with E-state index in [1.54, 1.807) is 0 Å². The molecule has 4 aromatic heterocycles. The fourth-order valence-corrected chi connectivity index (χ4v) is 3.24. The van der Waals surface area contributed by atoms with Crippen LogP contribution in [0.1, 0.15) is 10.6 Å². The SMILES string of the molecule is FC(F)(F)c1cnc(Nc2ccnc3nc(-c4ncsc4C(F)(F)F)ccc23)cn1. The van der Waals surface area contributed by atoms with Crippen LogP contribution in [-0.4, -0.2) is 24.9 Å². The van der Waals surface area contributed by atoms with Gasteiger partial charge in [0.1, 0.15) is 16.4 Å². The maximum atomic E-state index is 13.1. The Balaban J connectivity index is 1.68. The molecule has 6 nitrogen and oxygen atoms in total. The van der Waals surface area contributed by atoms with E-state index in [1.807, 2.05) is 0 Å². The summed E-state index contributed by atoms with van der Waals surface area (Å²) in [5.41, 5.74) is 0.153. The topological polar surface area (TPSA) is 76.5 Å². The Hall–Kier alpha value is -3.35. The van der Waals surface area contributed by atoms with Crippen LogP contribution in [0.5, 0.6) is 0 Å². The highest BCUT2D eigenvalue weighted by molar-refractivity contribution is 7.10. The Labute approximate surface area is 167 Å². The van der Waals surface area contributed by atoms with Gasteiger partial charge in [0, 0.05) is 11.6 Å². The largest absolute Gasteiger partial charge is 0.434 e. The van der Waals surface area contributed by atoms with Crippen molar-refractivity contribution in [3.05, 3.63) is 52.9 Å². The van der Waals surface area contributed by atoms with Crippen LogP contribution >= 0.6 is 11.3 Å². The summed E-state index contributed by atoms with van der Waals surface area (Å²) in [6, 6.07) is 4.37. The lowest BCUT2D eigenvalue weighted by atomic mass is 10.2. The zero-order valence-corrected chi connectivity index (χ0v) is 15.3. The molecule has 0 saturated heterocycles. The first-order chi connectivity index (χ1) is 14.1. The van der Waals surface area contributed by atoms with E-state index in [9.17, 15) is 26.3 Å². The van der Waals surface area contributed by atoms with Crippen molar-refractivity contribution < 1.29 is 26.3 Å². The maximum Gasteiger partial charge on any atom is 0.434 e. The van der Waals surface area contributed by atoms with Gasteiger partial charge in [0.25, 0.3) is 0 Å². The summed E-state index contributed by atoms with van der Waals surface area (Å²) < 4.78 is 77.2. The third-order valence-electron chi connectivity index (χ3n) is 3.88. The minimum Gasteiger partial charge on any atom is -0.338 e. The van der Waals surface area contributed by atoms with Crippen LogP contribution in [-0.2, 0) is 12.4 Å². The molecule has 4 rings (SSSR count). The number of thiazole rings is 1. The minimum atomic E-state index is -4.61. The van der Waals surface area contributed by atoms with Gasteiger partial charge in [0.2, 0.25) is 0 Å². The van der Waals surface area contributed by atoms with Crippen LogP contribution in [0.2, 0.25) is 0 Å². The van der Waals surface area contributed by atoms with Crippen LogP contribution in [0.3, 0.4) is 0 Å². The Bertz CT molecular complexity index is 1200. The van der Waals surface area contributed by atoms with Crippen molar-refractivity contribution in [2.24, 2.45) is 0 Å². The number of alkyl halides is 6. The number of halogens is 6. The number of fused-ring (bicyclic) bond motifs is 1. The van der Waals surface area contributed by atoms with Gasteiger partial charge in [-0.2, -0.15) is 26.3 Å². The van der Waals surface area contributed by atoms with Crippen LogP contribution in [0, 0.1) is 0 Å². The van der Waals surface area contributed by atoms with E-state index in [4.69, 9.17) is 0 Å². The monoisotopic (exact) mass is 442 g/mol. The van der Waals surface area contributed by atoms with Gasteiger partial charge in [-0.15, -0.1) is 11.3 Å². The summed E-state index contributed by atoms with van der Waals surface area (Å²) in [6.07, 6.45) is -6.32. The molecule has 0 spiro atoms. The number of nitrogens with one attached hydrogen (secondary N) is 1. The highest BCUT2D eigenvalue weighted by Gasteiger charge is 2.36. The van der Waals surface area contributed by atoms with Gasteiger partial charge in [-0.05, 0) is 18.2 Å². The lowest BCUT2D eigenvalue weighted by Crippen LogP contribution is -2.09. The predicted molar refractivity (Wildman–Crippen MR) is 96.0 cm³/mol. The van der Waals surface area contributed by atoms with Crippen LogP contribution in [0.15, 0.2) is 42.3 Å². The van der Waals surface area contributed by atoms with Crippen molar-refractivity contribution in [3.63, 3.8) is 0 Å². The van der Waals surface area contributed by atoms with Gasteiger partial charge in [0.05, 0.1) is 29.3 Å². The molecule has 0 bridgehead atoms. The molecular formula is C17H8F6N6S. The molecule has 0 aliphatic rings. The van der Waals surface area contributed by atoms with Crippen LogP contribution in [0.25, 0.3) is 22.4 Å². The van der Waals surface area contributed by atoms with Crippen LogP contribution in [0.4, 0.5) is 37.8 Å². The number of anilines is 2. The molecule has 0 aliphatic carbocycles. The van der Waals surface area contributed by atoms with E-state index in [2.05, 4.69) is 30.2 Å². The summed E-state index contributed by atoms with van der Waals surface area (Å²) in [6.45, 7) is 0. The van der Waals surface area contributed by atoms with Gasteiger partial charge >= 0.3 is 12.4 Å². The summed E-state index contributed by atoms with van der Waals surface area (Å²) in [5, 5.41) is 3.22. The highest BCUT2D eigenvalue weighted by Crippen LogP contribution is 2.39. The number of aromatic nitrogens is 5. The average Bonchev–Trinajstić information content (AvgIpc) is 3.18. The Kier molecular flexibility index (Phi) is 4.76. The van der Waals surface area contributed by atoms with Crippen molar-refractivity contribution in [1.82, 2.24) is 24.9 Å². The van der Waals surface area contributed by atoms with Gasteiger partial charge in [-0.1, -0.05) is 0 Å². The van der Waals surface area contributed by atoms with Gasteiger partial charge < -0.3 is 5.32 Å². The number of hydrogen-bond donors (Lipinski definition) is 1. The Morgan fingerprint density at radius 3 is 2.30 bits per heavy atom. The molecule has 0 radical (unpaired) electrons. The van der Waals surface area contributed by atoms with E-state index in [0.29, 0.717) is 28.6 Å². The fraction of sp³-hybridized carbons (Fsp3) is 0.118. The van der Waals surface area contributed by atoms with E-state index in [-0.39, 0.29) is 22.9 Å². The molecule has 4 aromatic rings. The lowest BCUT2D eigenvalue weighted by molar-refractivity contribution is -0.141. The van der Waals surface area contributed by atoms with Crippen molar-refractivity contribution in [3.8, 4) is 11.4 Å². The van der Waals surface area contributed by atoms with E-state index >= 15 is 0 Å². The maximum absolute atomic E-state index is 13.1. The molecule has 30 heavy (non-hydrogen) atoms. The molecule has 154 valence electrons. The summed E-state index contributed by atoms with van der Waals surface area (Å²) >= 11 is 0.460. The Morgan fingerprint density at radius 2 is 1.63 bits per heavy atom. The number of nitrogens with zero attached hydrogens (tertiary/aromatic N) is 5. The molecular weight excluding hydrogens is 434 g/mol. The standard InChI is InChI=1S/C17H8F6N6S/c18-16(19,20)11-5-26-12(6-25-11)28-9-3-4-24-15-8(9)1-2-10(29-15)13-14(17(21,22)23)30-7-27-13/h1-7H,(H,24,26,28,29). The van der Waals surface area contributed by atoms with Gasteiger partial charge in [-0.25, -0.2) is 24.9 Å². The second kappa shape index (κ2) is 7.16. The van der Waals surface area contributed by atoms with Crippen molar-refractivity contribution in [2.75, 3.05) is 5.32 Å². The number of hydrogen-bond acceptors (Lipinski definition) is 7. The molecule has 0 amide bonds. The second-order valence-electron chi connectivity index (χ2n) is 5.86. The molecule has 0 atom stereocenters. The fourth-order valence-electron chi connectivity index (χ4n) is 2.58. The smallest absolute Gasteiger partial charge is 0.338 e. The van der Waals surface area contributed by atoms with Gasteiger partial charge in [0.15, 0.2) is 11.3 Å². The predicted octanol–water partition coefficient (Wildman–Crippen LogP) is 5.32. The quantitative estimate of drug-likeness (QED) is 0.433. The third-order valence-corrected chi connectivity index (χ3v) is 4.75. The molecule has 13 heteroatoms. The minimum absolute atomic E-state index is 0.00459. The average molecular weight is 442 g/mol. The molecule has 4 heterocycles. The van der Waals surface area contributed by atoms with E-state index in [0.717, 1.165) is 11.7 Å². The highest BCUT2D eigenvalue weighted by atomic mass is 32.1. The zero-order valence-electron chi connectivity index (χ0n) is 14.5. The number of rotatable bonds is 3. The van der Waals surface area contributed by atoms with Crippen molar-refractivity contribution >= 4 is 33.9 Å². The zero-order chi connectivity index (χ0) is 21.5. The Morgan fingerprint density at radius 1 is 0.833 bits per heavy atom. The first kappa shape index (κ1) is 19.9. The van der Waals surface area contributed by atoms with Crippen molar-refractivity contribution in [2.45, 2.75) is 12.4 Å². The van der Waals surface area contributed by atoms with E-state index < -0.39 is 22.9 Å².